The van der Waals surface area contributed by atoms with Gasteiger partial charge in [0.05, 0.1) is 0 Å². The first-order valence-corrected chi connectivity index (χ1v) is 4.55. The first-order chi connectivity index (χ1) is 6.27. The predicted octanol–water partition coefficient (Wildman–Crippen LogP) is 2.66. The van der Waals surface area contributed by atoms with E-state index in [-0.39, 0.29) is 17.5 Å². The van der Waals surface area contributed by atoms with E-state index in [4.69, 9.17) is 0 Å². The van der Waals surface area contributed by atoms with Crippen molar-refractivity contribution in [3.05, 3.63) is 35.6 Å². The summed E-state index contributed by atoms with van der Waals surface area (Å²) in [5.41, 5.74) is 0.836. The van der Waals surface area contributed by atoms with Gasteiger partial charge in [-0.1, -0.05) is 12.1 Å². The quantitative estimate of drug-likeness (QED) is 0.646. The van der Waals surface area contributed by atoms with Crippen LogP contribution in [-0.4, -0.2) is 5.78 Å². The smallest absolute Gasteiger partial charge is 0.140 e. The lowest BCUT2D eigenvalue weighted by Gasteiger charge is -2.07. The molecule has 0 heterocycles. The van der Waals surface area contributed by atoms with Crippen LogP contribution in [0.3, 0.4) is 0 Å². The Morgan fingerprint density at radius 3 is 2.85 bits per heavy atom. The molecule has 0 aliphatic heterocycles. The Bertz CT molecular complexity index is 333. The molecule has 68 valence electrons. The minimum atomic E-state index is -0.253. The highest BCUT2D eigenvalue weighted by atomic mass is 19.1. The lowest BCUT2D eigenvalue weighted by molar-refractivity contribution is -0.118. The summed E-state index contributed by atoms with van der Waals surface area (Å²) in [6, 6.07) is 6.37. The number of hydrogen-bond donors (Lipinski definition) is 0. The van der Waals surface area contributed by atoms with Gasteiger partial charge >= 0.3 is 0 Å². The van der Waals surface area contributed by atoms with Crippen LogP contribution in [0.5, 0.6) is 0 Å². The molecule has 2 rings (SSSR count). The number of carbonyl (C=O) groups is 1. The van der Waals surface area contributed by atoms with Gasteiger partial charge in [0.2, 0.25) is 0 Å². The second-order valence-electron chi connectivity index (χ2n) is 3.47. The van der Waals surface area contributed by atoms with Gasteiger partial charge in [0.1, 0.15) is 11.6 Å². The van der Waals surface area contributed by atoms with Crippen molar-refractivity contribution in [3.63, 3.8) is 0 Å². The first kappa shape index (κ1) is 8.42. The van der Waals surface area contributed by atoms with E-state index in [9.17, 15) is 9.18 Å². The van der Waals surface area contributed by atoms with Gasteiger partial charge in [-0.25, -0.2) is 4.39 Å². The number of carbonyl (C=O) groups excluding carboxylic acids is 1. The molecule has 1 nitrogen and oxygen atoms in total. The van der Waals surface area contributed by atoms with Crippen LogP contribution in [0.25, 0.3) is 0 Å². The zero-order valence-corrected chi connectivity index (χ0v) is 7.29. The molecule has 0 spiro atoms. The highest BCUT2D eigenvalue weighted by molar-refractivity contribution is 5.87. The lowest BCUT2D eigenvalue weighted by Crippen LogP contribution is -2.04. The third kappa shape index (κ3) is 1.62. The normalized spacial score (nSPS) is 22.2. The van der Waals surface area contributed by atoms with Crippen molar-refractivity contribution < 1.29 is 9.18 Å². The van der Waals surface area contributed by atoms with Crippen LogP contribution in [0.15, 0.2) is 24.3 Å². The molecule has 1 saturated carbocycles. The fourth-order valence-electron chi connectivity index (χ4n) is 1.89. The summed E-state index contributed by atoms with van der Waals surface area (Å²) in [4.78, 5) is 11.4. The van der Waals surface area contributed by atoms with E-state index in [1.165, 1.54) is 12.1 Å². The fraction of sp³-hybridized carbons (Fsp3) is 0.364. The topological polar surface area (TPSA) is 17.1 Å². The number of rotatable bonds is 1. The molecule has 0 N–H and O–H groups in total. The molecule has 0 radical (unpaired) electrons. The lowest BCUT2D eigenvalue weighted by atomic mass is 9.97. The molecule has 0 saturated heterocycles. The minimum Gasteiger partial charge on any atom is -0.299 e. The van der Waals surface area contributed by atoms with E-state index in [0.29, 0.717) is 6.42 Å². The van der Waals surface area contributed by atoms with Crippen LogP contribution in [0.2, 0.25) is 0 Å². The molecule has 1 fully saturated rings. The second-order valence-corrected chi connectivity index (χ2v) is 3.47. The predicted molar refractivity (Wildman–Crippen MR) is 48.0 cm³/mol. The van der Waals surface area contributed by atoms with Gasteiger partial charge in [0.15, 0.2) is 0 Å². The van der Waals surface area contributed by atoms with Gasteiger partial charge in [-0.3, -0.25) is 4.79 Å². The number of ketones is 1. The molecular formula is C11H11FO. The maximum Gasteiger partial charge on any atom is 0.140 e. The Morgan fingerprint density at radius 2 is 2.23 bits per heavy atom. The summed E-state index contributed by atoms with van der Waals surface area (Å²) >= 11 is 0. The summed E-state index contributed by atoms with van der Waals surface area (Å²) in [7, 11) is 0. The van der Waals surface area contributed by atoms with Crippen molar-refractivity contribution in [1.29, 1.82) is 0 Å². The summed E-state index contributed by atoms with van der Waals surface area (Å²) in [6.07, 6.45) is 2.48. The van der Waals surface area contributed by atoms with Crippen LogP contribution in [-0.2, 0) is 4.79 Å². The molecule has 1 aromatic rings. The van der Waals surface area contributed by atoms with E-state index < -0.39 is 0 Å². The number of hydrogen-bond acceptors (Lipinski definition) is 1. The molecule has 0 amide bonds. The maximum absolute atomic E-state index is 12.8. The van der Waals surface area contributed by atoms with Crippen LogP contribution in [0.1, 0.15) is 30.7 Å². The van der Waals surface area contributed by atoms with E-state index >= 15 is 0 Å². The van der Waals surface area contributed by atoms with E-state index in [1.807, 2.05) is 6.07 Å². The molecule has 1 unspecified atom stereocenters. The molecule has 1 aliphatic carbocycles. The van der Waals surface area contributed by atoms with E-state index in [0.717, 1.165) is 18.4 Å². The summed E-state index contributed by atoms with van der Waals surface area (Å²) in [5.74, 6) is -0.0431. The van der Waals surface area contributed by atoms with Gasteiger partial charge in [-0.2, -0.15) is 0 Å². The monoisotopic (exact) mass is 178 g/mol. The molecule has 0 bridgehead atoms. The third-order valence-electron chi connectivity index (χ3n) is 2.56. The van der Waals surface area contributed by atoms with Crippen LogP contribution in [0.4, 0.5) is 4.39 Å². The standard InChI is InChI=1S/C11H11FO/c12-9-4-1-3-8(7-9)10-5-2-6-11(10)13/h1,3-4,7,10H,2,5-6H2. The van der Waals surface area contributed by atoms with Crippen molar-refractivity contribution in [2.75, 3.05) is 0 Å². The Morgan fingerprint density at radius 1 is 1.38 bits per heavy atom. The van der Waals surface area contributed by atoms with Crippen LogP contribution >= 0.6 is 0 Å². The average molecular weight is 178 g/mol. The van der Waals surface area contributed by atoms with E-state index in [1.54, 1.807) is 6.07 Å². The Labute approximate surface area is 76.6 Å². The van der Waals surface area contributed by atoms with Crippen LogP contribution < -0.4 is 0 Å². The third-order valence-corrected chi connectivity index (χ3v) is 2.56. The SMILES string of the molecule is O=C1CCCC1c1cccc(F)c1. The van der Waals surface area contributed by atoms with Crippen molar-refractivity contribution in [3.8, 4) is 0 Å². The van der Waals surface area contributed by atoms with Gasteiger partial charge in [0, 0.05) is 12.3 Å². The van der Waals surface area contributed by atoms with Crippen LogP contribution in [0, 0.1) is 5.82 Å². The molecule has 2 heteroatoms. The molecule has 13 heavy (non-hydrogen) atoms. The minimum absolute atomic E-state index is 0.0456. The fourth-order valence-corrected chi connectivity index (χ4v) is 1.89. The maximum atomic E-state index is 12.8. The average Bonchev–Trinajstić information content (AvgIpc) is 2.51. The zero-order valence-electron chi connectivity index (χ0n) is 7.29. The number of Topliss-reactive ketones (excluding diaryl/α,β-unsaturated/α-hetero) is 1. The zero-order chi connectivity index (χ0) is 9.26. The van der Waals surface area contributed by atoms with Gasteiger partial charge < -0.3 is 0 Å². The van der Waals surface area contributed by atoms with Crippen molar-refractivity contribution >= 4 is 5.78 Å². The summed E-state index contributed by atoms with van der Waals surface area (Å²) in [5, 5.41) is 0. The Kier molecular flexibility index (Phi) is 2.13. The molecular weight excluding hydrogens is 167 g/mol. The second kappa shape index (κ2) is 3.29. The van der Waals surface area contributed by atoms with Crippen molar-refractivity contribution in [2.24, 2.45) is 0 Å². The number of benzene rings is 1. The van der Waals surface area contributed by atoms with E-state index in [2.05, 4.69) is 0 Å². The summed E-state index contributed by atoms with van der Waals surface area (Å²) < 4.78 is 12.8. The molecule has 0 aromatic heterocycles. The largest absolute Gasteiger partial charge is 0.299 e. The van der Waals surface area contributed by atoms with Gasteiger partial charge in [0.25, 0.3) is 0 Å². The van der Waals surface area contributed by atoms with Gasteiger partial charge in [-0.05, 0) is 30.5 Å². The summed E-state index contributed by atoms with van der Waals surface area (Å²) in [6.45, 7) is 0. The highest BCUT2D eigenvalue weighted by Gasteiger charge is 2.25. The molecule has 1 aromatic carbocycles. The number of halogens is 1. The highest BCUT2D eigenvalue weighted by Crippen LogP contribution is 2.31. The molecule has 1 aliphatic rings. The van der Waals surface area contributed by atoms with Crippen molar-refractivity contribution in [2.45, 2.75) is 25.2 Å². The Balaban J connectivity index is 2.29. The Hall–Kier alpha value is -1.18. The first-order valence-electron chi connectivity index (χ1n) is 4.55. The molecule has 1 atom stereocenters. The van der Waals surface area contributed by atoms with Gasteiger partial charge in [-0.15, -0.1) is 0 Å². The van der Waals surface area contributed by atoms with Crippen molar-refractivity contribution in [1.82, 2.24) is 0 Å².